The molecule has 1 amide bonds. The van der Waals surface area contributed by atoms with Crippen LogP contribution in [-0.4, -0.2) is 16.6 Å². The van der Waals surface area contributed by atoms with E-state index in [9.17, 15) is 4.79 Å². The molecule has 0 spiro atoms. The molecule has 0 aliphatic rings. The number of nitrogens with zero attached hydrogens (tertiary/aromatic N) is 1. The van der Waals surface area contributed by atoms with Crippen molar-refractivity contribution in [3.8, 4) is 0 Å². The highest BCUT2D eigenvalue weighted by atomic mass is 32.2. The first-order valence-electron chi connectivity index (χ1n) is 8.45. The Bertz CT molecular complexity index is 988. The molecule has 6 heteroatoms. The van der Waals surface area contributed by atoms with Gasteiger partial charge in [-0.2, -0.15) is 0 Å². The van der Waals surface area contributed by atoms with Gasteiger partial charge in [0.05, 0.1) is 16.3 Å². The van der Waals surface area contributed by atoms with Gasteiger partial charge in [0.1, 0.15) is 11.3 Å². The van der Waals surface area contributed by atoms with E-state index in [1.165, 1.54) is 4.70 Å². The topological polar surface area (TPSA) is 55.1 Å². The number of rotatable bonds is 6. The molecule has 0 aliphatic carbocycles. The maximum absolute atomic E-state index is 12.2. The Labute approximate surface area is 159 Å². The number of aromatic nitrogens is 1. The van der Waals surface area contributed by atoms with Crippen LogP contribution < -0.4 is 5.32 Å². The molecular formula is C20H18N2O2S2. The first kappa shape index (κ1) is 17.1. The summed E-state index contributed by atoms with van der Waals surface area (Å²) in [6.07, 6.45) is 0.450. The number of hydrogen-bond donors (Lipinski definition) is 1. The second-order valence-electron chi connectivity index (χ2n) is 6.02. The van der Waals surface area contributed by atoms with Gasteiger partial charge in [0, 0.05) is 17.6 Å². The molecule has 2 aromatic heterocycles. The molecule has 26 heavy (non-hydrogen) atoms. The Kier molecular flexibility index (Phi) is 4.95. The van der Waals surface area contributed by atoms with E-state index in [2.05, 4.69) is 16.4 Å². The Morgan fingerprint density at radius 1 is 1.23 bits per heavy atom. The summed E-state index contributed by atoms with van der Waals surface area (Å²) in [5.74, 6) is 1.50. The standard InChI is InChI=1S/C20H18N2O2S2/c1-13(17-12-14-6-2-4-8-16(14)24-17)21-19(23)10-11-25-20-22-15-7-3-5-9-18(15)26-20/h2-9,12-13H,10-11H2,1H3,(H,21,23)/t13-/m1/s1. The molecule has 4 rings (SSSR count). The number of fused-ring (bicyclic) bond motifs is 2. The Balaban J connectivity index is 1.30. The monoisotopic (exact) mass is 382 g/mol. The predicted molar refractivity (Wildman–Crippen MR) is 108 cm³/mol. The highest BCUT2D eigenvalue weighted by Gasteiger charge is 2.14. The van der Waals surface area contributed by atoms with Crippen molar-refractivity contribution in [3.05, 3.63) is 60.4 Å². The fourth-order valence-electron chi connectivity index (χ4n) is 2.74. The van der Waals surface area contributed by atoms with Crippen LogP contribution in [0, 0.1) is 0 Å². The van der Waals surface area contributed by atoms with Crippen molar-refractivity contribution in [2.45, 2.75) is 23.7 Å². The zero-order valence-corrected chi connectivity index (χ0v) is 15.9. The van der Waals surface area contributed by atoms with Crippen molar-refractivity contribution >= 4 is 50.2 Å². The summed E-state index contributed by atoms with van der Waals surface area (Å²) in [5.41, 5.74) is 1.86. The van der Waals surface area contributed by atoms with Gasteiger partial charge in [-0.05, 0) is 31.2 Å². The molecule has 2 aromatic carbocycles. The second kappa shape index (κ2) is 7.51. The lowest BCUT2D eigenvalue weighted by Gasteiger charge is -2.10. The van der Waals surface area contributed by atoms with Gasteiger partial charge >= 0.3 is 0 Å². The van der Waals surface area contributed by atoms with Gasteiger partial charge in [-0.25, -0.2) is 4.98 Å². The van der Waals surface area contributed by atoms with Gasteiger partial charge in [-0.15, -0.1) is 11.3 Å². The summed E-state index contributed by atoms with van der Waals surface area (Å²) < 4.78 is 7.99. The summed E-state index contributed by atoms with van der Waals surface area (Å²) in [7, 11) is 0. The molecule has 0 radical (unpaired) electrons. The van der Waals surface area contributed by atoms with Gasteiger partial charge in [0.2, 0.25) is 5.91 Å². The molecular weight excluding hydrogens is 364 g/mol. The molecule has 4 aromatic rings. The van der Waals surface area contributed by atoms with E-state index in [1.54, 1.807) is 23.1 Å². The lowest BCUT2D eigenvalue weighted by atomic mass is 10.2. The largest absolute Gasteiger partial charge is 0.459 e. The van der Waals surface area contributed by atoms with Crippen LogP contribution in [0.4, 0.5) is 0 Å². The quantitative estimate of drug-likeness (QED) is 0.454. The number of carbonyl (C=O) groups excluding carboxylic acids is 1. The molecule has 0 saturated heterocycles. The molecule has 4 nitrogen and oxygen atoms in total. The number of amides is 1. The molecule has 0 bridgehead atoms. The van der Waals surface area contributed by atoms with E-state index >= 15 is 0 Å². The number of thioether (sulfide) groups is 1. The average molecular weight is 383 g/mol. The molecule has 2 heterocycles. The summed E-state index contributed by atoms with van der Waals surface area (Å²) >= 11 is 3.29. The van der Waals surface area contributed by atoms with Crippen molar-refractivity contribution in [2.75, 3.05) is 5.75 Å². The van der Waals surface area contributed by atoms with Gasteiger partial charge in [-0.3, -0.25) is 4.79 Å². The minimum Gasteiger partial charge on any atom is -0.459 e. The summed E-state index contributed by atoms with van der Waals surface area (Å²) in [6.45, 7) is 1.94. The van der Waals surface area contributed by atoms with Crippen LogP contribution in [-0.2, 0) is 4.79 Å². The van der Waals surface area contributed by atoms with Crippen molar-refractivity contribution in [2.24, 2.45) is 0 Å². The highest BCUT2D eigenvalue weighted by molar-refractivity contribution is 8.01. The van der Waals surface area contributed by atoms with Crippen molar-refractivity contribution < 1.29 is 9.21 Å². The molecule has 1 N–H and O–H groups in total. The van der Waals surface area contributed by atoms with Crippen molar-refractivity contribution in [1.82, 2.24) is 10.3 Å². The van der Waals surface area contributed by atoms with Gasteiger partial charge in [0.15, 0.2) is 4.34 Å². The van der Waals surface area contributed by atoms with Crippen LogP contribution in [0.25, 0.3) is 21.2 Å². The number of nitrogens with one attached hydrogen (secondary N) is 1. The number of thiazole rings is 1. The van der Waals surface area contributed by atoms with Crippen LogP contribution in [0.15, 0.2) is 63.4 Å². The first-order chi connectivity index (χ1) is 12.7. The van der Waals surface area contributed by atoms with E-state index in [0.717, 1.165) is 26.6 Å². The zero-order valence-electron chi connectivity index (χ0n) is 14.3. The Hall–Kier alpha value is -2.31. The second-order valence-corrected chi connectivity index (χ2v) is 8.39. The SMILES string of the molecule is C[C@@H](NC(=O)CCSc1nc2ccccc2s1)c1cc2ccccc2o1. The van der Waals surface area contributed by atoms with E-state index in [1.807, 2.05) is 55.5 Å². The fourth-order valence-corrected chi connectivity index (χ4v) is 4.82. The van der Waals surface area contributed by atoms with Crippen LogP contribution in [0.1, 0.15) is 25.1 Å². The minimum absolute atomic E-state index is 0.0200. The van der Waals surface area contributed by atoms with Crippen LogP contribution in [0.2, 0.25) is 0 Å². The molecule has 132 valence electrons. The van der Waals surface area contributed by atoms with Gasteiger partial charge in [-0.1, -0.05) is 42.1 Å². The highest BCUT2D eigenvalue weighted by Crippen LogP contribution is 2.29. The first-order valence-corrected chi connectivity index (χ1v) is 10.3. The van der Waals surface area contributed by atoms with E-state index in [4.69, 9.17) is 4.42 Å². The third-order valence-corrected chi connectivity index (χ3v) is 6.26. The van der Waals surface area contributed by atoms with Crippen molar-refractivity contribution in [3.63, 3.8) is 0 Å². The van der Waals surface area contributed by atoms with Crippen LogP contribution in [0.3, 0.4) is 0 Å². The van der Waals surface area contributed by atoms with Gasteiger partial charge in [0.25, 0.3) is 0 Å². The van der Waals surface area contributed by atoms with Crippen LogP contribution in [0.5, 0.6) is 0 Å². The van der Waals surface area contributed by atoms with Crippen molar-refractivity contribution in [1.29, 1.82) is 0 Å². The number of para-hydroxylation sites is 2. The van der Waals surface area contributed by atoms with Crippen LogP contribution >= 0.6 is 23.1 Å². The fraction of sp³-hybridized carbons (Fsp3) is 0.200. The summed E-state index contributed by atoms with van der Waals surface area (Å²) in [6, 6.07) is 17.8. The lowest BCUT2D eigenvalue weighted by Crippen LogP contribution is -2.26. The number of hydrogen-bond acceptors (Lipinski definition) is 5. The third kappa shape index (κ3) is 3.76. The normalized spacial score (nSPS) is 12.5. The third-order valence-electron chi connectivity index (χ3n) is 4.08. The molecule has 0 fully saturated rings. The van der Waals surface area contributed by atoms with Gasteiger partial charge < -0.3 is 9.73 Å². The maximum Gasteiger partial charge on any atom is 0.221 e. The Morgan fingerprint density at radius 3 is 2.88 bits per heavy atom. The average Bonchev–Trinajstić information content (AvgIpc) is 3.25. The maximum atomic E-state index is 12.2. The van der Waals surface area contributed by atoms with E-state index in [-0.39, 0.29) is 11.9 Å². The number of benzene rings is 2. The number of furan rings is 1. The minimum atomic E-state index is -0.151. The lowest BCUT2D eigenvalue weighted by molar-refractivity contribution is -0.121. The Morgan fingerprint density at radius 2 is 2.04 bits per heavy atom. The molecule has 0 unspecified atom stereocenters. The zero-order chi connectivity index (χ0) is 17.9. The molecule has 0 saturated carbocycles. The predicted octanol–water partition coefficient (Wildman–Crippen LogP) is 5.40. The van der Waals surface area contributed by atoms with E-state index in [0.29, 0.717) is 12.2 Å². The summed E-state index contributed by atoms with van der Waals surface area (Å²) in [4.78, 5) is 16.8. The summed E-state index contributed by atoms with van der Waals surface area (Å²) in [5, 5.41) is 4.06. The number of carbonyl (C=O) groups is 1. The smallest absolute Gasteiger partial charge is 0.221 e. The molecule has 0 aliphatic heterocycles. The molecule has 1 atom stereocenters. The van der Waals surface area contributed by atoms with E-state index < -0.39 is 0 Å².